The molecule has 0 aliphatic carbocycles. The third-order valence-corrected chi connectivity index (χ3v) is 10.8. The summed E-state index contributed by atoms with van der Waals surface area (Å²) in [4.78, 5) is 25.0. The Morgan fingerprint density at radius 3 is 2.38 bits per heavy atom. The van der Waals surface area contributed by atoms with Crippen LogP contribution in [0, 0.1) is 0 Å². The highest BCUT2D eigenvalue weighted by molar-refractivity contribution is 8.23. The van der Waals surface area contributed by atoms with Crippen molar-refractivity contribution in [3.8, 4) is 0 Å². The molecule has 0 bridgehead atoms. The van der Waals surface area contributed by atoms with Gasteiger partial charge in [-0.25, -0.2) is 0 Å². The summed E-state index contributed by atoms with van der Waals surface area (Å²) in [5.41, 5.74) is 0. The van der Waals surface area contributed by atoms with E-state index in [0.29, 0.717) is 6.54 Å². The average molecular weight is 541 g/mol. The first-order chi connectivity index (χ1) is 14.3. The van der Waals surface area contributed by atoms with Crippen LogP contribution in [0.25, 0.3) is 0 Å². The van der Waals surface area contributed by atoms with Crippen LogP contribution in [0.1, 0.15) is 6.92 Å². The van der Waals surface area contributed by atoms with Gasteiger partial charge in [0.25, 0.3) is 5.24 Å². The third kappa shape index (κ3) is 27.3. The minimum Gasteiger partial charge on any atom is -0.394 e. The standard InChI is InChI=1S/C16H32N2O4S7/c1-2-23-12-27-15-26-9-10-29-16(20)18-4-8-25-14-28-13-24-7-3-17-11-22-21-6-5-19/h11,19H,2-10,12-15H2,1H3,(H,18,20). The number of hydrogen-bond donors (Lipinski definition) is 2. The van der Waals surface area contributed by atoms with Crippen molar-refractivity contribution in [1.82, 2.24) is 5.32 Å². The number of carbonyl (C=O) groups is 1. The summed E-state index contributed by atoms with van der Waals surface area (Å²) in [5.74, 6) is 4.96. The van der Waals surface area contributed by atoms with Gasteiger partial charge in [0.2, 0.25) is 6.40 Å². The second-order valence-corrected chi connectivity index (χ2v) is 13.9. The Morgan fingerprint density at radius 2 is 1.66 bits per heavy atom. The van der Waals surface area contributed by atoms with Crippen molar-refractivity contribution >= 4 is 94.0 Å². The maximum Gasteiger partial charge on any atom is 0.279 e. The Balaban J connectivity index is 3.17. The number of hydrogen-bond acceptors (Lipinski definition) is 12. The summed E-state index contributed by atoms with van der Waals surface area (Å²) in [6.45, 7) is 3.67. The Labute approximate surface area is 205 Å². The van der Waals surface area contributed by atoms with Crippen LogP contribution in [0.5, 0.6) is 0 Å². The summed E-state index contributed by atoms with van der Waals surface area (Å²) in [6.07, 6.45) is 1.26. The molecule has 0 saturated heterocycles. The molecule has 0 aromatic carbocycles. The molecule has 0 fully saturated rings. The molecule has 13 heteroatoms. The van der Waals surface area contributed by atoms with Gasteiger partial charge in [0.05, 0.1) is 13.2 Å². The van der Waals surface area contributed by atoms with E-state index >= 15 is 0 Å². The highest BCUT2D eigenvalue weighted by Crippen LogP contribution is 2.19. The SMILES string of the molecule is CCSCSCSCCSC(=O)NCCSCSCSCCN=COOCCO. The number of aliphatic imine (C=N–C) groups is 1. The van der Waals surface area contributed by atoms with Gasteiger partial charge in [-0.1, -0.05) is 18.7 Å². The van der Waals surface area contributed by atoms with E-state index in [1.165, 1.54) is 29.0 Å². The summed E-state index contributed by atoms with van der Waals surface area (Å²) >= 11 is 12.8. The summed E-state index contributed by atoms with van der Waals surface area (Å²) < 4.78 is 0. The van der Waals surface area contributed by atoms with Crippen LogP contribution in [-0.2, 0) is 9.78 Å². The van der Waals surface area contributed by atoms with Gasteiger partial charge in [0.1, 0.15) is 6.61 Å². The molecule has 1 amide bonds. The van der Waals surface area contributed by atoms with Crippen LogP contribution >= 0.6 is 82.3 Å². The Bertz CT molecular complexity index is 385. The molecular weight excluding hydrogens is 509 g/mol. The van der Waals surface area contributed by atoms with E-state index in [2.05, 4.69) is 27.0 Å². The molecule has 0 unspecified atom stereocenters. The van der Waals surface area contributed by atoms with Crippen molar-refractivity contribution in [2.45, 2.75) is 6.92 Å². The largest absolute Gasteiger partial charge is 0.394 e. The molecule has 0 spiro atoms. The van der Waals surface area contributed by atoms with Crippen LogP contribution in [0.3, 0.4) is 0 Å². The Kier molecular flexibility index (Phi) is 28.6. The van der Waals surface area contributed by atoms with Gasteiger partial charge in [0, 0.05) is 49.9 Å². The predicted octanol–water partition coefficient (Wildman–Crippen LogP) is 4.65. The molecule has 6 nitrogen and oxygen atoms in total. The van der Waals surface area contributed by atoms with Crippen LogP contribution < -0.4 is 5.32 Å². The van der Waals surface area contributed by atoms with Crippen LogP contribution in [0.4, 0.5) is 4.79 Å². The summed E-state index contributed by atoms with van der Waals surface area (Å²) in [6, 6.07) is 0. The molecule has 0 aliphatic rings. The first-order valence-electron chi connectivity index (χ1n) is 9.05. The fraction of sp³-hybridized carbons (Fsp3) is 0.875. The zero-order chi connectivity index (χ0) is 21.3. The van der Waals surface area contributed by atoms with Gasteiger partial charge in [0.15, 0.2) is 0 Å². The second-order valence-electron chi connectivity index (χ2n) is 4.81. The molecular formula is C16H32N2O4S7. The monoisotopic (exact) mass is 540 g/mol. The molecule has 0 aromatic heterocycles. The highest BCUT2D eigenvalue weighted by Gasteiger charge is 2.01. The lowest BCUT2D eigenvalue weighted by atomic mass is 10.8. The van der Waals surface area contributed by atoms with Crippen LogP contribution in [-0.4, -0.2) is 92.2 Å². The summed E-state index contributed by atoms with van der Waals surface area (Å²) in [7, 11) is 0. The topological polar surface area (TPSA) is 80.2 Å². The quantitative estimate of drug-likeness (QED) is 0.0503. The first kappa shape index (κ1) is 30.3. The minimum absolute atomic E-state index is 0.0678. The van der Waals surface area contributed by atoms with Gasteiger partial charge in [-0.05, 0) is 5.75 Å². The van der Waals surface area contributed by atoms with E-state index in [1.807, 2.05) is 70.6 Å². The van der Waals surface area contributed by atoms with Crippen LogP contribution in [0.15, 0.2) is 4.99 Å². The van der Waals surface area contributed by atoms with E-state index in [0.717, 1.165) is 44.8 Å². The number of thioether (sulfide) groups is 7. The van der Waals surface area contributed by atoms with Crippen LogP contribution in [0.2, 0.25) is 0 Å². The first-order valence-corrected chi connectivity index (χ1v) is 17.0. The molecule has 0 radical (unpaired) electrons. The molecule has 0 saturated carbocycles. The molecule has 172 valence electrons. The predicted molar refractivity (Wildman–Crippen MR) is 143 cm³/mol. The number of aliphatic hydroxyl groups excluding tert-OH is 1. The van der Waals surface area contributed by atoms with E-state index in [9.17, 15) is 4.79 Å². The maximum absolute atomic E-state index is 11.7. The maximum atomic E-state index is 11.7. The van der Waals surface area contributed by atoms with E-state index in [-0.39, 0.29) is 18.5 Å². The molecule has 0 aliphatic heterocycles. The van der Waals surface area contributed by atoms with Crippen molar-refractivity contribution in [3.63, 3.8) is 0 Å². The number of nitrogens with zero attached hydrogens (tertiary/aromatic N) is 1. The molecule has 29 heavy (non-hydrogen) atoms. The zero-order valence-electron chi connectivity index (χ0n) is 16.7. The van der Waals surface area contributed by atoms with E-state index in [1.54, 1.807) is 0 Å². The van der Waals surface area contributed by atoms with Gasteiger partial charge in [-0.2, -0.15) is 28.4 Å². The lowest BCUT2D eigenvalue weighted by Crippen LogP contribution is -2.22. The average Bonchev–Trinajstić information content (AvgIpc) is 2.72. The smallest absolute Gasteiger partial charge is 0.279 e. The van der Waals surface area contributed by atoms with Crippen molar-refractivity contribution in [2.24, 2.45) is 4.99 Å². The Hall–Kier alpha value is 1.31. The molecule has 0 aromatic rings. The molecule has 0 atom stereocenters. The molecule has 0 rings (SSSR count). The third-order valence-electron chi connectivity index (χ3n) is 2.57. The van der Waals surface area contributed by atoms with Crippen molar-refractivity contribution < 1.29 is 19.7 Å². The normalized spacial score (nSPS) is 11.2. The van der Waals surface area contributed by atoms with Gasteiger partial charge < -0.3 is 15.3 Å². The summed E-state index contributed by atoms with van der Waals surface area (Å²) in [5, 5.41) is 15.9. The number of nitrogens with one attached hydrogen (secondary N) is 1. The lowest BCUT2D eigenvalue weighted by molar-refractivity contribution is -0.221. The Morgan fingerprint density at radius 1 is 0.966 bits per heavy atom. The fourth-order valence-electron chi connectivity index (χ4n) is 1.35. The highest BCUT2D eigenvalue weighted by atomic mass is 32.2. The minimum atomic E-state index is -0.0678. The van der Waals surface area contributed by atoms with Gasteiger partial charge in [-0.15, -0.1) is 47.0 Å². The van der Waals surface area contributed by atoms with Crippen molar-refractivity contribution in [3.05, 3.63) is 0 Å². The number of amides is 1. The molecule has 0 heterocycles. The molecule has 2 N–H and O–H groups in total. The van der Waals surface area contributed by atoms with Crippen molar-refractivity contribution in [2.75, 3.05) is 75.4 Å². The number of aliphatic hydroxyl groups is 1. The second kappa shape index (κ2) is 27.3. The number of carbonyl (C=O) groups excluding carboxylic acids is 1. The van der Waals surface area contributed by atoms with E-state index in [4.69, 9.17) is 5.11 Å². The fourth-order valence-corrected chi connectivity index (χ4v) is 8.76. The lowest BCUT2D eigenvalue weighted by Gasteiger charge is -2.05. The van der Waals surface area contributed by atoms with E-state index < -0.39 is 0 Å². The van der Waals surface area contributed by atoms with Crippen molar-refractivity contribution in [1.29, 1.82) is 0 Å². The number of rotatable bonds is 22. The zero-order valence-corrected chi connectivity index (χ0v) is 22.5. The van der Waals surface area contributed by atoms with Gasteiger partial charge in [-0.3, -0.25) is 9.79 Å². The van der Waals surface area contributed by atoms with Gasteiger partial charge >= 0.3 is 0 Å².